The van der Waals surface area contributed by atoms with E-state index in [4.69, 9.17) is 21.8 Å². The van der Waals surface area contributed by atoms with E-state index in [0.717, 1.165) is 16.8 Å². The lowest BCUT2D eigenvalue weighted by Crippen LogP contribution is -2.42. The zero-order chi connectivity index (χ0) is 25.9. The van der Waals surface area contributed by atoms with Crippen molar-refractivity contribution in [3.05, 3.63) is 83.0 Å². The first-order chi connectivity index (χ1) is 17.0. The molecule has 36 heavy (non-hydrogen) atoms. The van der Waals surface area contributed by atoms with E-state index in [1.54, 1.807) is 19.2 Å². The SMILES string of the molecule is C=S(N)(=O)CCN=C(NS(=O)(=O)c1ccn(C)n1)N1CC(c2ccccc2)C(c2ccc(Cl)cc2)=N1. The van der Waals surface area contributed by atoms with Crippen LogP contribution in [-0.4, -0.2) is 63.8 Å². The zero-order valence-corrected chi connectivity index (χ0v) is 21.9. The first-order valence-electron chi connectivity index (χ1n) is 10.9. The monoisotopic (exact) mass is 547 g/mol. The van der Waals surface area contributed by atoms with Crippen molar-refractivity contribution in [3.8, 4) is 0 Å². The second kappa shape index (κ2) is 10.4. The number of rotatable bonds is 7. The molecule has 0 radical (unpaired) electrons. The van der Waals surface area contributed by atoms with E-state index in [2.05, 4.69) is 20.7 Å². The van der Waals surface area contributed by atoms with Crippen molar-refractivity contribution in [3.63, 3.8) is 0 Å². The van der Waals surface area contributed by atoms with Gasteiger partial charge in [-0.05, 0) is 35.2 Å². The third-order valence-electron chi connectivity index (χ3n) is 5.39. The number of hydrazone groups is 1. The molecule has 0 saturated carbocycles. The second-order valence-electron chi connectivity index (χ2n) is 8.25. The molecule has 0 spiro atoms. The van der Waals surface area contributed by atoms with Gasteiger partial charge in [0.1, 0.15) is 0 Å². The summed E-state index contributed by atoms with van der Waals surface area (Å²) < 4.78 is 41.9. The molecule has 13 heteroatoms. The highest BCUT2D eigenvalue weighted by Gasteiger charge is 2.33. The Morgan fingerprint density at radius 3 is 2.47 bits per heavy atom. The van der Waals surface area contributed by atoms with Gasteiger partial charge in [-0.3, -0.25) is 14.0 Å². The van der Waals surface area contributed by atoms with Crippen LogP contribution in [0.5, 0.6) is 0 Å². The number of aliphatic imine (C=N–C) groups is 1. The van der Waals surface area contributed by atoms with Crippen LogP contribution in [0.3, 0.4) is 0 Å². The molecule has 2 aromatic carbocycles. The number of nitrogens with one attached hydrogen (secondary N) is 1. The van der Waals surface area contributed by atoms with E-state index in [9.17, 15) is 12.6 Å². The molecule has 190 valence electrons. The maximum Gasteiger partial charge on any atom is 0.283 e. The summed E-state index contributed by atoms with van der Waals surface area (Å²) in [5.74, 6) is 3.20. The Labute approximate surface area is 215 Å². The van der Waals surface area contributed by atoms with Crippen LogP contribution in [-0.2, 0) is 26.8 Å². The summed E-state index contributed by atoms with van der Waals surface area (Å²) >= 11 is 6.08. The van der Waals surface area contributed by atoms with Crippen molar-refractivity contribution in [1.82, 2.24) is 19.5 Å². The van der Waals surface area contributed by atoms with Gasteiger partial charge in [-0.2, -0.15) is 18.6 Å². The van der Waals surface area contributed by atoms with Crippen LogP contribution in [0.15, 0.2) is 82.0 Å². The van der Waals surface area contributed by atoms with Gasteiger partial charge in [-0.1, -0.05) is 54.1 Å². The molecule has 0 fully saturated rings. The standard InChI is InChI=1S/C23H26ClN7O3S2/c1-30-14-12-21(27-30)36(33,34)29-23(26-13-15-35(2,25)32)31-16-20(17-6-4-3-5-7-17)22(28-31)18-8-10-19(24)11-9-18/h3-12,14,20H,2,13,15-16H2,1H3,(H2,25,32)(H,26,29). The normalized spacial score (nSPS) is 18.1. The van der Waals surface area contributed by atoms with Gasteiger partial charge in [0.25, 0.3) is 10.0 Å². The number of halogens is 1. The van der Waals surface area contributed by atoms with Gasteiger partial charge < -0.3 is 0 Å². The van der Waals surface area contributed by atoms with E-state index >= 15 is 0 Å². The summed E-state index contributed by atoms with van der Waals surface area (Å²) in [6.07, 6.45) is 1.52. The van der Waals surface area contributed by atoms with Crippen molar-refractivity contribution in [1.29, 1.82) is 0 Å². The molecule has 0 aliphatic carbocycles. The summed E-state index contributed by atoms with van der Waals surface area (Å²) in [7, 11) is -5.27. The number of nitrogens with two attached hydrogens (primary N) is 1. The van der Waals surface area contributed by atoms with E-state index in [1.807, 2.05) is 42.5 Å². The van der Waals surface area contributed by atoms with Gasteiger partial charge >= 0.3 is 0 Å². The van der Waals surface area contributed by atoms with E-state index in [1.165, 1.54) is 22.0 Å². The van der Waals surface area contributed by atoms with Crippen LogP contribution in [0.4, 0.5) is 0 Å². The van der Waals surface area contributed by atoms with Crippen LogP contribution in [0, 0.1) is 0 Å². The number of sulfonamides is 1. The number of aromatic nitrogens is 2. The summed E-state index contributed by atoms with van der Waals surface area (Å²) in [5.41, 5.74) is 2.57. The van der Waals surface area contributed by atoms with Gasteiger partial charge in [0.05, 0.1) is 18.8 Å². The van der Waals surface area contributed by atoms with Crippen LogP contribution >= 0.6 is 11.6 Å². The minimum absolute atomic E-state index is 0.0167. The molecule has 2 unspecified atom stereocenters. The lowest BCUT2D eigenvalue weighted by molar-refractivity contribution is 0.461. The van der Waals surface area contributed by atoms with Crippen molar-refractivity contribution >= 4 is 48.9 Å². The molecule has 0 saturated heterocycles. The molecule has 4 rings (SSSR count). The van der Waals surface area contributed by atoms with Gasteiger partial charge in [0, 0.05) is 39.6 Å². The molecule has 1 aliphatic rings. The van der Waals surface area contributed by atoms with Crippen LogP contribution in [0.2, 0.25) is 5.02 Å². The fourth-order valence-electron chi connectivity index (χ4n) is 3.64. The minimum Gasteiger partial charge on any atom is -0.274 e. The molecule has 1 aromatic heterocycles. The summed E-state index contributed by atoms with van der Waals surface area (Å²) in [4.78, 5) is 4.37. The highest BCUT2D eigenvalue weighted by molar-refractivity contribution is 7.98. The first-order valence-corrected chi connectivity index (χ1v) is 14.7. The number of nitrogens with zero attached hydrogens (tertiary/aromatic N) is 5. The Bertz CT molecular complexity index is 1500. The molecule has 0 bridgehead atoms. The Hall–Kier alpha value is -3.19. The Morgan fingerprint density at radius 1 is 1.17 bits per heavy atom. The van der Waals surface area contributed by atoms with Crippen molar-refractivity contribution in [2.24, 2.45) is 22.3 Å². The lowest BCUT2D eigenvalue weighted by Gasteiger charge is -2.19. The van der Waals surface area contributed by atoms with Crippen LogP contribution < -0.4 is 9.86 Å². The molecule has 3 N–H and O–H groups in total. The number of benzene rings is 2. The molecule has 2 heterocycles. The Kier molecular flexibility index (Phi) is 7.50. The summed E-state index contributed by atoms with van der Waals surface area (Å²) in [6, 6.07) is 18.4. The number of hydrogen-bond donors (Lipinski definition) is 2. The average Bonchev–Trinajstić information content (AvgIpc) is 3.46. The van der Waals surface area contributed by atoms with Crippen LogP contribution in [0.1, 0.15) is 17.0 Å². The van der Waals surface area contributed by atoms with Crippen molar-refractivity contribution in [2.45, 2.75) is 10.9 Å². The predicted octanol–water partition coefficient (Wildman–Crippen LogP) is 1.80. The fourth-order valence-corrected chi connectivity index (χ4v) is 5.16. The van der Waals surface area contributed by atoms with Gasteiger partial charge in [0.15, 0.2) is 5.03 Å². The maximum atomic E-state index is 13.1. The first kappa shape index (κ1) is 25.9. The molecular formula is C23H26ClN7O3S2. The van der Waals surface area contributed by atoms with Crippen molar-refractivity contribution < 1.29 is 12.6 Å². The topological polar surface area (TPSA) is 135 Å². The van der Waals surface area contributed by atoms with Gasteiger partial charge in [-0.15, -0.1) is 0 Å². The highest BCUT2D eigenvalue weighted by Crippen LogP contribution is 2.29. The number of aryl methyl sites for hydroxylation is 1. The highest BCUT2D eigenvalue weighted by atomic mass is 35.5. The quantitative estimate of drug-likeness (QED) is 0.264. The maximum absolute atomic E-state index is 13.1. The Morgan fingerprint density at radius 2 is 1.86 bits per heavy atom. The summed E-state index contributed by atoms with van der Waals surface area (Å²) in [6.45, 7) is 0.297. The largest absolute Gasteiger partial charge is 0.283 e. The molecule has 2 atom stereocenters. The number of guanidine groups is 1. The molecule has 10 nitrogen and oxygen atoms in total. The Balaban J connectivity index is 1.73. The molecular weight excluding hydrogens is 522 g/mol. The smallest absolute Gasteiger partial charge is 0.274 e. The summed E-state index contributed by atoms with van der Waals surface area (Å²) in [5, 5.41) is 16.2. The van der Waals surface area contributed by atoms with Crippen LogP contribution in [0.25, 0.3) is 0 Å². The fraction of sp³-hybridized carbons (Fsp3) is 0.217. The molecule has 1 aliphatic heterocycles. The molecule has 0 amide bonds. The number of hydrogen-bond acceptors (Lipinski definition) is 6. The second-order valence-corrected chi connectivity index (χ2v) is 12.5. The van der Waals surface area contributed by atoms with E-state index in [0.29, 0.717) is 11.6 Å². The van der Waals surface area contributed by atoms with Gasteiger partial charge in [0.2, 0.25) is 5.96 Å². The third kappa shape index (κ3) is 6.32. The third-order valence-corrected chi connectivity index (χ3v) is 7.73. The minimum atomic E-state index is -4.07. The predicted molar refractivity (Wildman–Crippen MR) is 144 cm³/mol. The average molecular weight is 548 g/mol. The van der Waals surface area contributed by atoms with E-state index in [-0.39, 0.29) is 29.2 Å². The van der Waals surface area contributed by atoms with E-state index < -0.39 is 19.7 Å². The molecule has 3 aromatic rings. The van der Waals surface area contributed by atoms with Crippen molar-refractivity contribution in [2.75, 3.05) is 18.8 Å². The zero-order valence-electron chi connectivity index (χ0n) is 19.5. The lowest BCUT2D eigenvalue weighted by atomic mass is 9.91. The van der Waals surface area contributed by atoms with Gasteiger partial charge in [-0.25, -0.2) is 14.7 Å².